The molecule has 66 valence electrons. The molecule has 0 aromatic rings. The summed E-state index contributed by atoms with van der Waals surface area (Å²) >= 11 is 0. The van der Waals surface area contributed by atoms with Gasteiger partial charge in [-0.15, -0.1) is 0 Å². The molecule has 0 aromatic carbocycles. The molecule has 0 amide bonds. The third-order valence-corrected chi connectivity index (χ3v) is 2.00. The van der Waals surface area contributed by atoms with Crippen LogP contribution in [0.2, 0.25) is 0 Å². The molecule has 0 heterocycles. The Morgan fingerprint density at radius 1 is 1.67 bits per heavy atom. The Balaban J connectivity index is 2.45. The molecule has 1 rings (SSSR count). The van der Waals surface area contributed by atoms with Gasteiger partial charge in [0.2, 0.25) is 0 Å². The Hall–Kier alpha value is -1.05. The van der Waals surface area contributed by atoms with Crippen LogP contribution in [0.1, 0.15) is 26.2 Å². The SMILES string of the molecule is C=CC(=N)/C(=C\NC1CC1)CC. The molecule has 2 heteroatoms. The minimum atomic E-state index is 0.533. The van der Waals surface area contributed by atoms with E-state index in [1.54, 1.807) is 6.08 Å². The molecule has 0 spiro atoms. The lowest BCUT2D eigenvalue weighted by molar-refractivity contribution is 0.852. The van der Waals surface area contributed by atoms with Crippen molar-refractivity contribution in [1.29, 1.82) is 5.41 Å². The normalized spacial score (nSPS) is 17.2. The number of rotatable bonds is 5. The lowest BCUT2D eigenvalue weighted by atomic mass is 10.1. The first-order valence-electron chi connectivity index (χ1n) is 4.44. The van der Waals surface area contributed by atoms with Crippen LogP contribution in [-0.2, 0) is 0 Å². The van der Waals surface area contributed by atoms with Crippen molar-refractivity contribution in [2.24, 2.45) is 0 Å². The Labute approximate surface area is 73.9 Å². The average Bonchev–Trinajstić information content (AvgIpc) is 2.88. The smallest absolute Gasteiger partial charge is 0.0580 e. The van der Waals surface area contributed by atoms with Gasteiger partial charge in [-0.3, -0.25) is 0 Å². The second kappa shape index (κ2) is 4.10. The van der Waals surface area contributed by atoms with Crippen molar-refractivity contribution in [1.82, 2.24) is 5.32 Å². The van der Waals surface area contributed by atoms with E-state index in [0.29, 0.717) is 11.8 Å². The Morgan fingerprint density at radius 3 is 2.75 bits per heavy atom. The zero-order chi connectivity index (χ0) is 8.97. The summed E-state index contributed by atoms with van der Waals surface area (Å²) in [5.41, 5.74) is 1.57. The van der Waals surface area contributed by atoms with Gasteiger partial charge in [-0.25, -0.2) is 0 Å². The molecule has 0 atom stereocenters. The van der Waals surface area contributed by atoms with E-state index >= 15 is 0 Å². The molecule has 0 aromatic heterocycles. The maximum absolute atomic E-state index is 7.53. The Kier molecular flexibility index (Phi) is 3.09. The van der Waals surface area contributed by atoms with E-state index in [1.807, 2.05) is 6.20 Å². The molecule has 2 N–H and O–H groups in total. The Bertz CT molecular complexity index is 212. The highest BCUT2D eigenvalue weighted by atomic mass is 14.9. The molecule has 0 saturated heterocycles. The van der Waals surface area contributed by atoms with Crippen LogP contribution in [-0.4, -0.2) is 11.8 Å². The number of hydrogen-bond donors (Lipinski definition) is 2. The van der Waals surface area contributed by atoms with Crippen LogP contribution >= 0.6 is 0 Å². The largest absolute Gasteiger partial charge is 0.388 e. The molecule has 12 heavy (non-hydrogen) atoms. The summed E-state index contributed by atoms with van der Waals surface area (Å²) < 4.78 is 0. The molecule has 0 aliphatic heterocycles. The van der Waals surface area contributed by atoms with Crippen molar-refractivity contribution in [2.75, 3.05) is 0 Å². The topological polar surface area (TPSA) is 35.9 Å². The average molecular weight is 164 g/mol. The van der Waals surface area contributed by atoms with E-state index in [9.17, 15) is 0 Å². The van der Waals surface area contributed by atoms with Gasteiger partial charge in [0, 0.05) is 12.2 Å². The predicted molar refractivity (Wildman–Crippen MR) is 52.5 cm³/mol. The van der Waals surface area contributed by atoms with Gasteiger partial charge in [-0.05, 0) is 30.9 Å². The molecule has 1 aliphatic carbocycles. The monoisotopic (exact) mass is 164 g/mol. The molecule has 1 fully saturated rings. The highest BCUT2D eigenvalue weighted by Crippen LogP contribution is 2.19. The first-order chi connectivity index (χ1) is 5.77. The quantitative estimate of drug-likeness (QED) is 0.601. The van der Waals surface area contributed by atoms with Crippen molar-refractivity contribution >= 4 is 5.71 Å². The van der Waals surface area contributed by atoms with Crippen LogP contribution in [0.3, 0.4) is 0 Å². The second-order valence-corrected chi connectivity index (χ2v) is 3.08. The lowest BCUT2D eigenvalue weighted by Crippen LogP contribution is -2.10. The molecular formula is C10H16N2. The maximum Gasteiger partial charge on any atom is 0.0580 e. The summed E-state index contributed by atoms with van der Waals surface area (Å²) in [5.74, 6) is 0. The molecule has 2 nitrogen and oxygen atoms in total. The van der Waals surface area contributed by atoms with Gasteiger partial charge in [0.1, 0.15) is 0 Å². The lowest BCUT2D eigenvalue weighted by Gasteiger charge is -2.03. The summed E-state index contributed by atoms with van der Waals surface area (Å²) in [4.78, 5) is 0. The molecule has 0 radical (unpaired) electrons. The van der Waals surface area contributed by atoms with Crippen LogP contribution in [0.4, 0.5) is 0 Å². The van der Waals surface area contributed by atoms with Gasteiger partial charge in [-0.1, -0.05) is 13.5 Å². The summed E-state index contributed by atoms with van der Waals surface area (Å²) in [6, 6.07) is 0.671. The highest BCUT2D eigenvalue weighted by molar-refractivity contribution is 6.05. The van der Waals surface area contributed by atoms with Gasteiger partial charge in [0.05, 0.1) is 5.71 Å². The summed E-state index contributed by atoms with van der Waals surface area (Å²) in [6.07, 6.45) is 6.99. The van der Waals surface area contributed by atoms with Crippen LogP contribution in [0.5, 0.6) is 0 Å². The van der Waals surface area contributed by atoms with E-state index in [0.717, 1.165) is 12.0 Å². The van der Waals surface area contributed by atoms with Crippen molar-refractivity contribution in [2.45, 2.75) is 32.2 Å². The van der Waals surface area contributed by atoms with Crippen molar-refractivity contribution in [3.63, 3.8) is 0 Å². The zero-order valence-electron chi connectivity index (χ0n) is 7.56. The second-order valence-electron chi connectivity index (χ2n) is 3.08. The maximum atomic E-state index is 7.53. The van der Waals surface area contributed by atoms with Gasteiger partial charge < -0.3 is 10.7 Å². The van der Waals surface area contributed by atoms with E-state index in [4.69, 9.17) is 5.41 Å². The van der Waals surface area contributed by atoms with Crippen LogP contribution in [0.25, 0.3) is 0 Å². The minimum absolute atomic E-state index is 0.533. The molecule has 1 aliphatic rings. The fourth-order valence-electron chi connectivity index (χ4n) is 0.970. The molecule has 0 bridgehead atoms. The van der Waals surface area contributed by atoms with Gasteiger partial charge in [0.15, 0.2) is 0 Å². The van der Waals surface area contributed by atoms with E-state index in [2.05, 4.69) is 18.8 Å². The van der Waals surface area contributed by atoms with E-state index in [1.165, 1.54) is 12.8 Å². The predicted octanol–water partition coefficient (Wildman–Crippen LogP) is 2.24. The van der Waals surface area contributed by atoms with Crippen LogP contribution in [0.15, 0.2) is 24.4 Å². The van der Waals surface area contributed by atoms with Crippen molar-refractivity contribution in [3.8, 4) is 0 Å². The van der Waals surface area contributed by atoms with Crippen molar-refractivity contribution < 1.29 is 0 Å². The molecule has 1 saturated carbocycles. The van der Waals surface area contributed by atoms with Crippen LogP contribution in [0, 0.1) is 5.41 Å². The number of nitrogens with one attached hydrogen (secondary N) is 2. The Morgan fingerprint density at radius 2 is 2.33 bits per heavy atom. The summed E-state index contributed by atoms with van der Waals surface area (Å²) in [6.45, 7) is 5.63. The third-order valence-electron chi connectivity index (χ3n) is 2.00. The van der Waals surface area contributed by atoms with Gasteiger partial charge in [-0.2, -0.15) is 0 Å². The first-order valence-corrected chi connectivity index (χ1v) is 4.44. The van der Waals surface area contributed by atoms with E-state index in [-0.39, 0.29) is 0 Å². The molecular weight excluding hydrogens is 148 g/mol. The fourth-order valence-corrected chi connectivity index (χ4v) is 0.970. The highest BCUT2D eigenvalue weighted by Gasteiger charge is 2.19. The van der Waals surface area contributed by atoms with E-state index < -0.39 is 0 Å². The third kappa shape index (κ3) is 2.53. The van der Waals surface area contributed by atoms with Gasteiger partial charge >= 0.3 is 0 Å². The number of hydrogen-bond acceptors (Lipinski definition) is 2. The van der Waals surface area contributed by atoms with Crippen molar-refractivity contribution in [3.05, 3.63) is 24.4 Å². The van der Waals surface area contributed by atoms with Gasteiger partial charge in [0.25, 0.3) is 0 Å². The first kappa shape index (κ1) is 9.04. The molecule has 0 unspecified atom stereocenters. The zero-order valence-corrected chi connectivity index (χ0v) is 7.56. The standard InChI is InChI=1S/C10H16N2/c1-3-8(10(11)4-2)7-12-9-5-6-9/h4,7,9,11-12H,2-3,5-6H2,1H3/b8-7-,11-10?. The van der Waals surface area contributed by atoms with Crippen LogP contribution < -0.4 is 5.32 Å². The summed E-state index contributed by atoms with van der Waals surface area (Å²) in [7, 11) is 0. The summed E-state index contributed by atoms with van der Waals surface area (Å²) in [5, 5.41) is 10.8. The number of allylic oxidation sites excluding steroid dienone is 2. The fraction of sp³-hybridized carbons (Fsp3) is 0.500. The minimum Gasteiger partial charge on any atom is -0.388 e.